The summed E-state index contributed by atoms with van der Waals surface area (Å²) in [5.74, 6) is 2.29. The highest BCUT2D eigenvalue weighted by Gasteiger charge is 2.25. The molecule has 0 aliphatic carbocycles. The molecule has 1 atom stereocenters. The lowest BCUT2D eigenvalue weighted by atomic mass is 10.1. The van der Waals surface area contributed by atoms with Crippen molar-refractivity contribution >= 4 is 43.3 Å². The van der Waals surface area contributed by atoms with Crippen LogP contribution in [0.1, 0.15) is 10.8 Å². The van der Waals surface area contributed by atoms with Crippen molar-refractivity contribution in [3.8, 4) is 17.2 Å². The van der Waals surface area contributed by atoms with Crippen LogP contribution in [0.4, 0.5) is 0 Å². The predicted molar refractivity (Wildman–Crippen MR) is 105 cm³/mol. The van der Waals surface area contributed by atoms with Gasteiger partial charge in [0.15, 0.2) is 15.8 Å². The fourth-order valence-corrected chi connectivity index (χ4v) is 6.27. The van der Waals surface area contributed by atoms with E-state index in [0.717, 1.165) is 14.6 Å². The van der Waals surface area contributed by atoms with Gasteiger partial charge < -0.3 is 14.2 Å². The van der Waals surface area contributed by atoms with Crippen molar-refractivity contribution in [3.05, 3.63) is 42.0 Å². The second-order valence-electron chi connectivity index (χ2n) is 5.81. The molecule has 0 saturated heterocycles. The summed E-state index contributed by atoms with van der Waals surface area (Å²) in [6.45, 7) is 0.214. The predicted octanol–water partition coefficient (Wildman–Crippen LogP) is 3.16. The van der Waals surface area contributed by atoms with Crippen LogP contribution in [0.15, 0.2) is 40.7 Å². The Bertz CT molecular complexity index is 1040. The van der Waals surface area contributed by atoms with Gasteiger partial charge in [0, 0.05) is 17.9 Å². The topological polar surface area (TPSA) is 101 Å². The van der Waals surface area contributed by atoms with Crippen molar-refractivity contribution in [2.75, 3.05) is 19.7 Å². The van der Waals surface area contributed by atoms with Gasteiger partial charge in [0.1, 0.15) is 11.0 Å². The normalized spacial score (nSPS) is 14.4. The van der Waals surface area contributed by atoms with Crippen LogP contribution >= 0.6 is 23.1 Å². The number of nitrogens with zero attached hydrogens (tertiary/aromatic N) is 1. The number of sulfonamides is 1. The van der Waals surface area contributed by atoms with Crippen LogP contribution in [0, 0.1) is 0 Å². The van der Waals surface area contributed by atoms with E-state index in [1.807, 2.05) is 12.1 Å². The molecular weight excluding hydrogens is 408 g/mol. The number of thiazole rings is 1. The molecule has 0 fully saturated rings. The van der Waals surface area contributed by atoms with E-state index in [-0.39, 0.29) is 12.5 Å². The van der Waals surface area contributed by atoms with Gasteiger partial charge in [-0.05, 0) is 17.7 Å². The Morgan fingerprint density at radius 2 is 1.96 bits per heavy atom. The van der Waals surface area contributed by atoms with Crippen LogP contribution in [-0.2, 0) is 10.0 Å². The van der Waals surface area contributed by atoms with Crippen molar-refractivity contribution in [2.45, 2.75) is 9.59 Å². The highest BCUT2D eigenvalue weighted by molar-refractivity contribution is 8.02. The minimum Gasteiger partial charge on any atom is -0.497 e. The van der Waals surface area contributed by atoms with Gasteiger partial charge in [0.2, 0.25) is 16.8 Å². The van der Waals surface area contributed by atoms with E-state index < -0.39 is 15.3 Å². The number of fused-ring (bicyclic) bond motifs is 2. The molecule has 2 heterocycles. The second-order valence-corrected chi connectivity index (χ2v) is 9.86. The Kier molecular flexibility index (Phi) is 4.89. The zero-order valence-electron chi connectivity index (χ0n) is 14.2. The van der Waals surface area contributed by atoms with Crippen molar-refractivity contribution in [1.29, 1.82) is 0 Å². The maximum Gasteiger partial charge on any atom is 0.231 e. The SMILES string of the molecule is COc1ccc(C(CSc2nc3cc4c(cc3s2)OCO4)S(N)(=O)=O)cc1. The molecular formula is C17H16N2O5S3. The minimum absolute atomic E-state index is 0.214. The number of hydrogen-bond donors (Lipinski definition) is 1. The van der Waals surface area contributed by atoms with Crippen LogP contribution in [0.5, 0.6) is 17.2 Å². The van der Waals surface area contributed by atoms with Gasteiger partial charge in [-0.15, -0.1) is 11.3 Å². The lowest BCUT2D eigenvalue weighted by Crippen LogP contribution is -2.23. The zero-order valence-corrected chi connectivity index (χ0v) is 16.7. The molecule has 3 aromatic rings. The van der Waals surface area contributed by atoms with Gasteiger partial charge in [0.25, 0.3) is 0 Å². The number of rotatable bonds is 6. The first-order chi connectivity index (χ1) is 12.9. The number of benzene rings is 2. The van der Waals surface area contributed by atoms with E-state index in [1.54, 1.807) is 31.4 Å². The van der Waals surface area contributed by atoms with Crippen LogP contribution in [0.25, 0.3) is 10.2 Å². The van der Waals surface area contributed by atoms with Crippen LogP contribution < -0.4 is 19.3 Å². The number of thioether (sulfide) groups is 1. The number of ether oxygens (including phenoxy) is 3. The molecule has 4 rings (SSSR count). The summed E-state index contributed by atoms with van der Waals surface area (Å²) >= 11 is 2.84. The molecule has 27 heavy (non-hydrogen) atoms. The fraction of sp³-hybridized carbons (Fsp3) is 0.235. The van der Waals surface area contributed by atoms with Crippen molar-refractivity contribution in [3.63, 3.8) is 0 Å². The van der Waals surface area contributed by atoms with Crippen LogP contribution in [0.2, 0.25) is 0 Å². The Morgan fingerprint density at radius 3 is 2.63 bits per heavy atom. The largest absolute Gasteiger partial charge is 0.497 e. The highest BCUT2D eigenvalue weighted by atomic mass is 32.2. The third kappa shape index (κ3) is 3.84. The summed E-state index contributed by atoms with van der Waals surface area (Å²) in [4.78, 5) is 4.56. The molecule has 0 radical (unpaired) electrons. The second kappa shape index (κ2) is 7.19. The Balaban J connectivity index is 1.56. The minimum atomic E-state index is -3.77. The van der Waals surface area contributed by atoms with Gasteiger partial charge in [-0.25, -0.2) is 18.5 Å². The standard InChI is InChI=1S/C17H16N2O5S3/c1-22-11-4-2-10(3-5-11)16(27(18,20)21)8-25-17-19-12-6-13-14(24-9-23-13)7-15(12)26-17/h2-7,16H,8-9H2,1H3,(H2,18,20,21). The highest BCUT2D eigenvalue weighted by Crippen LogP contribution is 2.40. The van der Waals surface area contributed by atoms with Gasteiger partial charge in [-0.3, -0.25) is 0 Å². The van der Waals surface area contributed by atoms with Crippen LogP contribution in [0.3, 0.4) is 0 Å². The molecule has 1 aliphatic rings. The molecule has 7 nitrogen and oxygen atoms in total. The molecule has 0 spiro atoms. The number of aromatic nitrogens is 1. The molecule has 142 valence electrons. The van der Waals surface area contributed by atoms with Gasteiger partial charge in [0.05, 0.1) is 17.3 Å². The van der Waals surface area contributed by atoms with Crippen LogP contribution in [-0.4, -0.2) is 33.1 Å². The zero-order chi connectivity index (χ0) is 19.0. The third-order valence-corrected chi connectivity index (χ3v) is 7.80. The van der Waals surface area contributed by atoms with E-state index in [0.29, 0.717) is 22.8 Å². The smallest absolute Gasteiger partial charge is 0.231 e. The summed E-state index contributed by atoms with van der Waals surface area (Å²) in [6.07, 6.45) is 0. The maximum absolute atomic E-state index is 12.1. The average molecular weight is 425 g/mol. The van der Waals surface area contributed by atoms with E-state index in [9.17, 15) is 8.42 Å². The first kappa shape index (κ1) is 18.4. The van der Waals surface area contributed by atoms with Crippen molar-refractivity contribution in [2.24, 2.45) is 5.14 Å². The Labute approximate surface area is 164 Å². The quantitative estimate of drug-likeness (QED) is 0.607. The number of methoxy groups -OCH3 is 1. The monoisotopic (exact) mass is 424 g/mol. The van der Waals surface area contributed by atoms with Gasteiger partial charge in [-0.2, -0.15) is 0 Å². The molecule has 0 amide bonds. The number of primary sulfonamides is 1. The van der Waals surface area contributed by atoms with Gasteiger partial charge >= 0.3 is 0 Å². The maximum atomic E-state index is 12.1. The van der Waals surface area contributed by atoms with E-state index in [2.05, 4.69) is 4.98 Å². The fourth-order valence-electron chi connectivity index (χ4n) is 2.70. The molecule has 0 bridgehead atoms. The lowest BCUT2D eigenvalue weighted by Gasteiger charge is -2.14. The summed E-state index contributed by atoms with van der Waals surface area (Å²) in [5.41, 5.74) is 1.41. The van der Waals surface area contributed by atoms with E-state index >= 15 is 0 Å². The third-order valence-electron chi connectivity index (χ3n) is 4.11. The number of nitrogens with two attached hydrogens (primary N) is 1. The van der Waals surface area contributed by atoms with Gasteiger partial charge in [-0.1, -0.05) is 23.9 Å². The molecule has 1 aliphatic heterocycles. The molecule has 10 heteroatoms. The first-order valence-corrected chi connectivity index (χ1v) is 11.3. The molecule has 2 aromatic carbocycles. The Hall–Kier alpha value is -2.01. The molecule has 0 saturated carbocycles. The van der Waals surface area contributed by atoms with Crippen molar-refractivity contribution < 1.29 is 22.6 Å². The summed E-state index contributed by atoms with van der Waals surface area (Å²) < 4.78 is 41.8. The summed E-state index contributed by atoms with van der Waals surface area (Å²) in [5, 5.41) is 4.63. The summed E-state index contributed by atoms with van der Waals surface area (Å²) in [6, 6.07) is 10.6. The van der Waals surface area contributed by atoms with Crippen molar-refractivity contribution in [1.82, 2.24) is 4.98 Å². The summed E-state index contributed by atoms with van der Waals surface area (Å²) in [7, 11) is -2.21. The lowest BCUT2D eigenvalue weighted by molar-refractivity contribution is 0.174. The van der Waals surface area contributed by atoms with E-state index in [1.165, 1.54) is 23.1 Å². The molecule has 2 N–H and O–H groups in total. The molecule has 1 unspecified atom stereocenters. The Morgan fingerprint density at radius 1 is 1.26 bits per heavy atom. The number of hydrogen-bond acceptors (Lipinski definition) is 8. The molecule has 1 aromatic heterocycles. The average Bonchev–Trinajstić information content (AvgIpc) is 3.24. The first-order valence-electron chi connectivity index (χ1n) is 7.92. The van der Waals surface area contributed by atoms with E-state index in [4.69, 9.17) is 19.3 Å².